The summed E-state index contributed by atoms with van der Waals surface area (Å²) in [6, 6.07) is 23.5. The van der Waals surface area contributed by atoms with Crippen LogP contribution in [-0.2, 0) is 32.6 Å². The minimum Gasteiger partial charge on any atom is -0.357 e. The number of anilines is 1. The summed E-state index contributed by atoms with van der Waals surface area (Å²) in [6.07, 6.45) is 0.158. The summed E-state index contributed by atoms with van der Waals surface area (Å²) in [5, 5.41) is 3.69. The Hall–Kier alpha value is -3.27. The first-order valence-electron chi connectivity index (χ1n) is 13.4. The molecular formula is C32H29Cl4N3O4S. The second-order valence-electron chi connectivity index (χ2n) is 10.0. The average molecular weight is 693 g/mol. The topological polar surface area (TPSA) is 86.8 Å². The van der Waals surface area contributed by atoms with Crippen LogP contribution >= 0.6 is 46.4 Å². The molecule has 0 aliphatic carbocycles. The molecule has 44 heavy (non-hydrogen) atoms. The minimum absolute atomic E-state index is 0.0357. The van der Waals surface area contributed by atoms with Gasteiger partial charge in [-0.2, -0.15) is 0 Å². The van der Waals surface area contributed by atoms with Crippen LogP contribution in [0.25, 0.3) is 0 Å². The molecule has 0 saturated heterocycles. The monoisotopic (exact) mass is 691 g/mol. The highest BCUT2D eigenvalue weighted by Gasteiger charge is 2.35. The maximum atomic E-state index is 14.4. The van der Waals surface area contributed by atoms with Gasteiger partial charge < -0.3 is 10.2 Å². The summed E-state index contributed by atoms with van der Waals surface area (Å²) in [7, 11) is -2.83. The average Bonchev–Trinajstić information content (AvgIpc) is 2.98. The van der Waals surface area contributed by atoms with E-state index in [4.69, 9.17) is 46.4 Å². The van der Waals surface area contributed by atoms with Gasteiger partial charge >= 0.3 is 0 Å². The Kier molecular flexibility index (Phi) is 11.2. The molecule has 1 atom stereocenters. The Balaban J connectivity index is 1.83. The predicted molar refractivity (Wildman–Crippen MR) is 177 cm³/mol. The summed E-state index contributed by atoms with van der Waals surface area (Å²) in [5.41, 5.74) is 2.26. The van der Waals surface area contributed by atoms with Crippen LogP contribution in [0.5, 0.6) is 0 Å². The highest BCUT2D eigenvalue weighted by atomic mass is 35.5. The molecule has 1 N–H and O–H groups in total. The van der Waals surface area contributed by atoms with E-state index in [0.717, 1.165) is 15.4 Å². The summed E-state index contributed by atoms with van der Waals surface area (Å²) >= 11 is 25.2. The molecule has 2 amide bonds. The Labute approximate surface area is 277 Å². The van der Waals surface area contributed by atoms with Gasteiger partial charge in [0.05, 0.1) is 10.6 Å². The summed E-state index contributed by atoms with van der Waals surface area (Å²) in [6.45, 7) is 1.06. The SMILES string of the molecule is CNC(=O)[C@@H](Cc1ccccc1)N(Cc1ccc(Cl)cc1Cl)C(=O)CN(c1cc(Cl)cc(Cl)c1)S(=O)(=O)c1ccc(C)cc1. The number of hydrogen-bond acceptors (Lipinski definition) is 4. The number of hydrogen-bond donors (Lipinski definition) is 1. The Morgan fingerprint density at radius 2 is 1.45 bits per heavy atom. The standard InChI is InChI=1S/C32H29Cl4N3O4S/c1-21-8-12-28(13-9-21)44(42,43)39(27-16-25(34)15-26(35)17-27)20-31(40)38(19-23-10-11-24(33)18-29(23)36)30(32(41)37-2)14-22-6-4-3-5-7-22/h3-13,15-18,30H,14,19-20H2,1-2H3,(H,37,41)/t30-/m1/s1. The fourth-order valence-electron chi connectivity index (χ4n) is 4.60. The molecule has 12 heteroatoms. The van der Waals surface area contributed by atoms with Gasteiger partial charge in [0.25, 0.3) is 10.0 Å². The van der Waals surface area contributed by atoms with Crippen molar-refractivity contribution in [1.82, 2.24) is 10.2 Å². The number of aryl methyl sites for hydroxylation is 1. The molecule has 230 valence electrons. The zero-order valence-electron chi connectivity index (χ0n) is 23.8. The third-order valence-electron chi connectivity index (χ3n) is 6.90. The number of halogens is 4. The van der Waals surface area contributed by atoms with E-state index in [2.05, 4.69) is 5.32 Å². The zero-order valence-corrected chi connectivity index (χ0v) is 27.6. The summed E-state index contributed by atoms with van der Waals surface area (Å²) in [5.74, 6) is -1.10. The van der Waals surface area contributed by atoms with E-state index in [1.54, 1.807) is 24.3 Å². The van der Waals surface area contributed by atoms with Crippen molar-refractivity contribution < 1.29 is 18.0 Å². The van der Waals surface area contributed by atoms with Crippen LogP contribution in [0.1, 0.15) is 16.7 Å². The molecule has 0 spiro atoms. The molecular weight excluding hydrogens is 664 g/mol. The normalized spacial score (nSPS) is 12.0. The van der Waals surface area contributed by atoms with Gasteiger partial charge in [-0.15, -0.1) is 0 Å². The lowest BCUT2D eigenvalue weighted by Gasteiger charge is -2.34. The largest absolute Gasteiger partial charge is 0.357 e. The lowest BCUT2D eigenvalue weighted by atomic mass is 10.0. The minimum atomic E-state index is -4.31. The number of sulfonamides is 1. The lowest BCUT2D eigenvalue weighted by Crippen LogP contribution is -2.53. The number of benzene rings is 4. The van der Waals surface area contributed by atoms with Gasteiger partial charge in [0.2, 0.25) is 11.8 Å². The zero-order chi connectivity index (χ0) is 32.0. The van der Waals surface area contributed by atoms with Crippen molar-refractivity contribution in [3.8, 4) is 0 Å². The third kappa shape index (κ3) is 8.25. The van der Waals surface area contributed by atoms with Gasteiger partial charge in [-0.25, -0.2) is 8.42 Å². The number of amides is 2. The van der Waals surface area contributed by atoms with E-state index in [1.807, 2.05) is 37.3 Å². The number of rotatable bonds is 11. The maximum Gasteiger partial charge on any atom is 0.264 e. The van der Waals surface area contributed by atoms with Crippen LogP contribution in [0.3, 0.4) is 0 Å². The Bertz CT molecular complexity index is 1730. The fourth-order valence-corrected chi connectivity index (χ4v) is 6.98. The first kappa shape index (κ1) is 33.6. The second kappa shape index (κ2) is 14.7. The number of likely N-dealkylation sites (N-methyl/N-ethyl adjacent to an activating group) is 1. The van der Waals surface area contributed by atoms with Crippen LogP contribution in [0.15, 0.2) is 95.9 Å². The molecule has 0 aromatic heterocycles. The Morgan fingerprint density at radius 3 is 2.05 bits per heavy atom. The molecule has 4 aromatic rings. The van der Waals surface area contributed by atoms with E-state index in [-0.39, 0.29) is 38.6 Å². The third-order valence-corrected chi connectivity index (χ3v) is 9.71. The van der Waals surface area contributed by atoms with E-state index in [1.165, 1.54) is 48.3 Å². The van der Waals surface area contributed by atoms with E-state index in [0.29, 0.717) is 10.6 Å². The molecule has 4 aromatic carbocycles. The number of nitrogens with zero attached hydrogens (tertiary/aromatic N) is 2. The van der Waals surface area contributed by atoms with Gasteiger partial charge in [-0.3, -0.25) is 13.9 Å². The molecule has 0 unspecified atom stereocenters. The lowest BCUT2D eigenvalue weighted by molar-refractivity contribution is -0.139. The van der Waals surface area contributed by atoms with E-state index < -0.39 is 34.4 Å². The highest BCUT2D eigenvalue weighted by molar-refractivity contribution is 7.92. The first-order chi connectivity index (χ1) is 20.9. The summed E-state index contributed by atoms with van der Waals surface area (Å²) in [4.78, 5) is 29.0. The number of carbonyl (C=O) groups is 2. The van der Waals surface area contributed by atoms with Crippen LogP contribution in [0.2, 0.25) is 20.1 Å². The van der Waals surface area contributed by atoms with Crippen LogP contribution in [-0.4, -0.2) is 44.8 Å². The smallest absolute Gasteiger partial charge is 0.264 e. The van der Waals surface area contributed by atoms with Crippen molar-refractivity contribution in [2.45, 2.75) is 30.8 Å². The fraction of sp³-hybridized carbons (Fsp3) is 0.188. The van der Waals surface area contributed by atoms with Crippen molar-refractivity contribution in [3.05, 3.63) is 128 Å². The number of nitrogens with one attached hydrogen (secondary N) is 1. The van der Waals surface area contributed by atoms with E-state index >= 15 is 0 Å². The van der Waals surface area contributed by atoms with Crippen molar-refractivity contribution in [3.63, 3.8) is 0 Å². The van der Waals surface area contributed by atoms with Crippen LogP contribution in [0, 0.1) is 6.92 Å². The quantitative estimate of drug-likeness (QED) is 0.180. The molecule has 0 saturated carbocycles. The van der Waals surface area contributed by atoms with Crippen molar-refractivity contribution in [2.24, 2.45) is 0 Å². The van der Waals surface area contributed by atoms with Crippen LogP contribution < -0.4 is 9.62 Å². The molecule has 0 heterocycles. The highest BCUT2D eigenvalue weighted by Crippen LogP contribution is 2.31. The van der Waals surface area contributed by atoms with Gasteiger partial charge in [0, 0.05) is 40.1 Å². The van der Waals surface area contributed by atoms with E-state index in [9.17, 15) is 18.0 Å². The first-order valence-corrected chi connectivity index (χ1v) is 16.4. The molecule has 0 aliphatic rings. The van der Waals surface area contributed by atoms with Gasteiger partial charge in [0.15, 0.2) is 0 Å². The second-order valence-corrected chi connectivity index (χ2v) is 13.6. The number of carbonyl (C=O) groups excluding carboxylic acids is 2. The van der Waals surface area contributed by atoms with Crippen LogP contribution in [0.4, 0.5) is 5.69 Å². The molecule has 4 rings (SSSR count). The van der Waals surface area contributed by atoms with Gasteiger partial charge in [0.1, 0.15) is 12.6 Å². The maximum absolute atomic E-state index is 14.4. The molecule has 0 aliphatic heterocycles. The summed E-state index contributed by atoms with van der Waals surface area (Å²) < 4.78 is 29.1. The molecule has 0 fully saturated rings. The molecule has 0 radical (unpaired) electrons. The predicted octanol–water partition coefficient (Wildman–Crippen LogP) is 7.19. The Morgan fingerprint density at radius 1 is 0.818 bits per heavy atom. The van der Waals surface area contributed by atoms with Crippen molar-refractivity contribution in [1.29, 1.82) is 0 Å². The molecule has 0 bridgehead atoms. The van der Waals surface area contributed by atoms with Crippen molar-refractivity contribution in [2.75, 3.05) is 17.9 Å². The molecule has 7 nitrogen and oxygen atoms in total. The van der Waals surface area contributed by atoms with Gasteiger partial charge in [-0.1, -0.05) is 100 Å². The van der Waals surface area contributed by atoms with Gasteiger partial charge in [-0.05, 0) is 60.5 Å². The van der Waals surface area contributed by atoms with Crippen molar-refractivity contribution >= 4 is 73.9 Å².